The molecule has 1 rings (SSSR count). The van der Waals surface area contributed by atoms with Crippen LogP contribution in [0, 0.1) is 0 Å². The number of halogens is 1. The van der Waals surface area contributed by atoms with Crippen molar-refractivity contribution in [3.05, 3.63) is 34.3 Å². The van der Waals surface area contributed by atoms with Gasteiger partial charge in [-0.05, 0) is 31.5 Å². The van der Waals surface area contributed by atoms with Gasteiger partial charge in [-0.2, -0.15) is 0 Å². The van der Waals surface area contributed by atoms with E-state index >= 15 is 0 Å². The number of benzene rings is 1. The van der Waals surface area contributed by atoms with Gasteiger partial charge in [-0.15, -0.1) is 0 Å². The van der Waals surface area contributed by atoms with Gasteiger partial charge in [0.1, 0.15) is 0 Å². The first kappa shape index (κ1) is 14.6. The maximum Gasteiger partial charge on any atom is 0.0785 e. The Morgan fingerprint density at radius 2 is 2.12 bits per heavy atom. The minimum Gasteiger partial charge on any atom is -0.391 e. The van der Waals surface area contributed by atoms with Gasteiger partial charge in [-0.1, -0.05) is 34.1 Å². The van der Waals surface area contributed by atoms with Gasteiger partial charge in [0, 0.05) is 17.6 Å². The van der Waals surface area contributed by atoms with Crippen LogP contribution in [0.5, 0.6) is 0 Å². The Hall–Kier alpha value is -0.420. The number of aliphatic hydroxyl groups excluding tert-OH is 1. The van der Waals surface area contributed by atoms with E-state index in [0.717, 1.165) is 11.0 Å². The molecule has 0 bridgehead atoms. The topological polar surface area (TPSA) is 41.5 Å². The SMILES string of the molecule is COCC(O)CCNC(C)c1ccccc1Br. The molecule has 0 aliphatic carbocycles. The lowest BCUT2D eigenvalue weighted by Gasteiger charge is -2.17. The Morgan fingerprint density at radius 1 is 1.41 bits per heavy atom. The van der Waals surface area contributed by atoms with Crippen LogP contribution in [0.25, 0.3) is 0 Å². The van der Waals surface area contributed by atoms with Crippen molar-refractivity contribution < 1.29 is 9.84 Å². The van der Waals surface area contributed by atoms with E-state index in [4.69, 9.17) is 4.74 Å². The van der Waals surface area contributed by atoms with E-state index in [9.17, 15) is 5.11 Å². The molecule has 17 heavy (non-hydrogen) atoms. The summed E-state index contributed by atoms with van der Waals surface area (Å²) in [5.41, 5.74) is 1.23. The number of rotatable bonds is 7. The number of methoxy groups -OCH3 is 1. The Labute approximate surface area is 111 Å². The summed E-state index contributed by atoms with van der Waals surface area (Å²) in [7, 11) is 1.60. The molecule has 2 atom stereocenters. The summed E-state index contributed by atoms with van der Waals surface area (Å²) < 4.78 is 5.99. The lowest BCUT2D eigenvalue weighted by atomic mass is 10.1. The molecule has 3 nitrogen and oxygen atoms in total. The Bertz CT molecular complexity index is 333. The van der Waals surface area contributed by atoms with Crippen molar-refractivity contribution >= 4 is 15.9 Å². The quantitative estimate of drug-likeness (QED) is 0.813. The van der Waals surface area contributed by atoms with Crippen molar-refractivity contribution in [2.75, 3.05) is 20.3 Å². The molecule has 0 aromatic heterocycles. The fourth-order valence-electron chi connectivity index (χ4n) is 1.68. The third-order valence-corrected chi connectivity index (χ3v) is 3.38. The van der Waals surface area contributed by atoms with Gasteiger partial charge in [0.2, 0.25) is 0 Å². The van der Waals surface area contributed by atoms with Gasteiger partial charge in [0.05, 0.1) is 12.7 Å². The Kier molecular flexibility index (Phi) is 6.73. The molecule has 0 fully saturated rings. The molecule has 2 unspecified atom stereocenters. The van der Waals surface area contributed by atoms with E-state index in [2.05, 4.69) is 34.2 Å². The third kappa shape index (κ3) is 5.17. The maximum absolute atomic E-state index is 9.51. The van der Waals surface area contributed by atoms with Gasteiger partial charge in [-0.3, -0.25) is 0 Å². The first-order valence-corrected chi connectivity index (χ1v) is 6.59. The zero-order chi connectivity index (χ0) is 12.7. The molecular weight excluding hydrogens is 282 g/mol. The van der Waals surface area contributed by atoms with Crippen molar-refractivity contribution in [1.82, 2.24) is 5.32 Å². The van der Waals surface area contributed by atoms with E-state index in [1.54, 1.807) is 7.11 Å². The highest BCUT2D eigenvalue weighted by Gasteiger charge is 2.09. The second kappa shape index (κ2) is 7.82. The highest BCUT2D eigenvalue weighted by atomic mass is 79.9. The van der Waals surface area contributed by atoms with Crippen molar-refractivity contribution in [2.24, 2.45) is 0 Å². The fourth-order valence-corrected chi connectivity index (χ4v) is 2.31. The molecule has 0 aliphatic rings. The lowest BCUT2D eigenvalue weighted by molar-refractivity contribution is 0.0590. The monoisotopic (exact) mass is 301 g/mol. The van der Waals surface area contributed by atoms with Crippen molar-refractivity contribution in [3.8, 4) is 0 Å². The standard InChI is InChI=1S/C13H20BrNO2/c1-10(12-5-3-4-6-13(12)14)15-8-7-11(16)9-17-2/h3-6,10-11,15-16H,7-9H2,1-2H3. The summed E-state index contributed by atoms with van der Waals surface area (Å²) in [5, 5.41) is 12.9. The van der Waals surface area contributed by atoms with Crippen LogP contribution in [0.4, 0.5) is 0 Å². The number of hydrogen-bond donors (Lipinski definition) is 2. The maximum atomic E-state index is 9.51. The van der Waals surface area contributed by atoms with Gasteiger partial charge in [-0.25, -0.2) is 0 Å². The fraction of sp³-hybridized carbons (Fsp3) is 0.538. The highest BCUT2D eigenvalue weighted by Crippen LogP contribution is 2.22. The molecule has 0 aliphatic heterocycles. The minimum atomic E-state index is -0.390. The van der Waals surface area contributed by atoms with Gasteiger partial charge in [0.15, 0.2) is 0 Å². The molecule has 0 heterocycles. The van der Waals surface area contributed by atoms with Crippen LogP contribution in [0.15, 0.2) is 28.7 Å². The minimum absolute atomic E-state index is 0.264. The molecule has 0 amide bonds. The van der Waals surface area contributed by atoms with Gasteiger partial charge in [0.25, 0.3) is 0 Å². The summed E-state index contributed by atoms with van der Waals surface area (Å²) in [6.45, 7) is 3.28. The molecule has 0 saturated heterocycles. The first-order valence-electron chi connectivity index (χ1n) is 5.80. The average molecular weight is 302 g/mol. The number of ether oxygens (including phenoxy) is 1. The molecule has 0 spiro atoms. The molecule has 0 radical (unpaired) electrons. The Balaban J connectivity index is 2.35. The second-order valence-electron chi connectivity index (χ2n) is 4.10. The van der Waals surface area contributed by atoms with E-state index in [-0.39, 0.29) is 12.1 Å². The summed E-state index contributed by atoms with van der Waals surface area (Å²) in [6.07, 6.45) is 0.307. The van der Waals surface area contributed by atoms with E-state index in [1.807, 2.05) is 18.2 Å². The largest absolute Gasteiger partial charge is 0.391 e. The van der Waals surface area contributed by atoms with Crippen molar-refractivity contribution in [3.63, 3.8) is 0 Å². The molecule has 1 aromatic rings. The van der Waals surface area contributed by atoms with E-state index in [0.29, 0.717) is 13.0 Å². The van der Waals surface area contributed by atoms with Crippen molar-refractivity contribution in [1.29, 1.82) is 0 Å². The van der Waals surface area contributed by atoms with Crippen LogP contribution in [0.1, 0.15) is 24.9 Å². The highest BCUT2D eigenvalue weighted by molar-refractivity contribution is 9.10. The molecule has 96 valence electrons. The van der Waals surface area contributed by atoms with Gasteiger partial charge < -0.3 is 15.2 Å². The van der Waals surface area contributed by atoms with Crippen LogP contribution in [-0.4, -0.2) is 31.5 Å². The zero-order valence-corrected chi connectivity index (χ0v) is 11.9. The number of hydrogen-bond acceptors (Lipinski definition) is 3. The normalized spacial score (nSPS) is 14.6. The summed E-state index contributed by atoms with van der Waals surface area (Å²) in [5.74, 6) is 0. The smallest absolute Gasteiger partial charge is 0.0785 e. The van der Waals surface area contributed by atoms with Crippen LogP contribution in [0.3, 0.4) is 0 Å². The molecular formula is C13H20BrNO2. The van der Waals surface area contributed by atoms with Gasteiger partial charge >= 0.3 is 0 Å². The van der Waals surface area contributed by atoms with Crippen LogP contribution in [-0.2, 0) is 4.74 Å². The molecule has 4 heteroatoms. The van der Waals surface area contributed by atoms with Crippen LogP contribution < -0.4 is 5.32 Å². The first-order chi connectivity index (χ1) is 8.15. The molecule has 0 saturated carbocycles. The van der Waals surface area contributed by atoms with Crippen molar-refractivity contribution in [2.45, 2.75) is 25.5 Å². The zero-order valence-electron chi connectivity index (χ0n) is 10.3. The molecule has 1 aromatic carbocycles. The van der Waals surface area contributed by atoms with Crippen LogP contribution >= 0.6 is 15.9 Å². The van der Waals surface area contributed by atoms with E-state index < -0.39 is 0 Å². The predicted molar refractivity (Wildman–Crippen MR) is 73.1 cm³/mol. The summed E-state index contributed by atoms with van der Waals surface area (Å²) >= 11 is 3.53. The number of aliphatic hydroxyl groups is 1. The predicted octanol–water partition coefficient (Wildman–Crippen LogP) is 2.50. The Morgan fingerprint density at radius 3 is 2.76 bits per heavy atom. The summed E-state index contributed by atoms with van der Waals surface area (Å²) in [4.78, 5) is 0. The van der Waals surface area contributed by atoms with Crippen LogP contribution in [0.2, 0.25) is 0 Å². The lowest BCUT2D eigenvalue weighted by Crippen LogP contribution is -2.25. The second-order valence-corrected chi connectivity index (χ2v) is 4.95. The number of nitrogens with one attached hydrogen (secondary N) is 1. The third-order valence-electron chi connectivity index (χ3n) is 2.66. The summed E-state index contributed by atoms with van der Waals surface area (Å²) in [6, 6.07) is 8.42. The molecule has 2 N–H and O–H groups in total. The van der Waals surface area contributed by atoms with E-state index in [1.165, 1.54) is 5.56 Å². The average Bonchev–Trinajstić information content (AvgIpc) is 2.29.